The molecular weight excluding hydrogens is 479 g/mol. The Bertz CT molecular complexity index is 1360. The second-order valence-corrected chi connectivity index (χ2v) is 7.28. The minimum absolute atomic E-state index is 0. The van der Waals surface area contributed by atoms with Crippen molar-refractivity contribution in [3.05, 3.63) is 89.9 Å². The number of aromatic nitrogens is 5. The van der Waals surface area contributed by atoms with Crippen LogP contribution in [-0.2, 0) is 6.18 Å². The van der Waals surface area contributed by atoms with Crippen LogP contribution in [0.4, 0.5) is 13.2 Å². The molecule has 178 valence electrons. The summed E-state index contributed by atoms with van der Waals surface area (Å²) in [7, 11) is 0. The van der Waals surface area contributed by atoms with Gasteiger partial charge >= 0.3 is 6.18 Å². The van der Waals surface area contributed by atoms with Gasteiger partial charge < -0.3 is 5.32 Å². The van der Waals surface area contributed by atoms with Crippen LogP contribution in [0, 0.1) is 11.3 Å². The van der Waals surface area contributed by atoms with Gasteiger partial charge in [0, 0.05) is 24.2 Å². The van der Waals surface area contributed by atoms with E-state index in [0.717, 1.165) is 12.1 Å². The number of alkyl halides is 3. The molecule has 0 aliphatic rings. The lowest BCUT2D eigenvalue weighted by Gasteiger charge is -2.14. The molecule has 4 aromatic rings. The van der Waals surface area contributed by atoms with Gasteiger partial charge in [0.05, 0.1) is 22.7 Å². The molecule has 0 saturated heterocycles. The molecule has 0 radical (unpaired) electrons. The SMILES string of the molecule is C[C@@H](NC(=O)c1cncc(-c2ccc(C(F)(F)F)cc2)c1)c1ncnn1-c1ccc(C#N)cn1.S. The van der Waals surface area contributed by atoms with Gasteiger partial charge in [-0.1, -0.05) is 12.1 Å². The molecule has 0 unspecified atom stereocenters. The summed E-state index contributed by atoms with van der Waals surface area (Å²) in [5.41, 5.74) is 0.862. The molecule has 4 rings (SSSR count). The highest BCUT2D eigenvalue weighted by atomic mass is 32.1. The van der Waals surface area contributed by atoms with E-state index < -0.39 is 23.7 Å². The molecule has 0 aliphatic heterocycles. The Labute approximate surface area is 204 Å². The second-order valence-electron chi connectivity index (χ2n) is 7.28. The highest BCUT2D eigenvalue weighted by molar-refractivity contribution is 7.59. The lowest BCUT2D eigenvalue weighted by atomic mass is 10.0. The number of hydrogen-bond donors (Lipinski definition) is 1. The highest BCUT2D eigenvalue weighted by Crippen LogP contribution is 2.31. The lowest BCUT2D eigenvalue weighted by Crippen LogP contribution is -2.29. The number of benzene rings is 1. The molecule has 3 heterocycles. The van der Waals surface area contributed by atoms with Gasteiger partial charge in [-0.2, -0.15) is 41.7 Å². The van der Waals surface area contributed by atoms with Crippen LogP contribution in [0.3, 0.4) is 0 Å². The first-order chi connectivity index (χ1) is 16.3. The Morgan fingerprint density at radius 2 is 1.80 bits per heavy atom. The highest BCUT2D eigenvalue weighted by Gasteiger charge is 2.30. The van der Waals surface area contributed by atoms with Crippen LogP contribution in [0.25, 0.3) is 16.9 Å². The van der Waals surface area contributed by atoms with E-state index >= 15 is 0 Å². The Morgan fingerprint density at radius 3 is 2.43 bits per heavy atom. The van der Waals surface area contributed by atoms with Crippen LogP contribution < -0.4 is 5.32 Å². The van der Waals surface area contributed by atoms with E-state index in [1.165, 1.54) is 41.7 Å². The maximum absolute atomic E-state index is 12.8. The Morgan fingerprint density at radius 1 is 1.06 bits per heavy atom. The maximum Gasteiger partial charge on any atom is 0.416 e. The lowest BCUT2D eigenvalue weighted by molar-refractivity contribution is -0.137. The molecule has 0 aliphatic carbocycles. The van der Waals surface area contributed by atoms with Crippen molar-refractivity contribution in [2.24, 2.45) is 0 Å². The third kappa shape index (κ3) is 5.64. The number of nitrogens with zero attached hydrogens (tertiary/aromatic N) is 6. The number of nitriles is 1. The zero-order valence-electron chi connectivity index (χ0n) is 18.2. The molecule has 12 heteroatoms. The molecule has 8 nitrogen and oxygen atoms in total. The van der Waals surface area contributed by atoms with E-state index in [-0.39, 0.29) is 19.1 Å². The number of halogens is 3. The summed E-state index contributed by atoms with van der Waals surface area (Å²) in [5.74, 6) is 0.395. The number of carbonyl (C=O) groups excluding carboxylic acids is 1. The van der Waals surface area contributed by atoms with Gasteiger partial charge in [-0.3, -0.25) is 9.78 Å². The summed E-state index contributed by atoms with van der Waals surface area (Å²) in [6.45, 7) is 1.72. The first-order valence-electron chi connectivity index (χ1n) is 9.96. The fourth-order valence-electron chi connectivity index (χ4n) is 3.22. The fourth-order valence-corrected chi connectivity index (χ4v) is 3.22. The molecule has 1 N–H and O–H groups in total. The van der Waals surface area contributed by atoms with E-state index in [0.29, 0.717) is 28.3 Å². The van der Waals surface area contributed by atoms with E-state index in [9.17, 15) is 18.0 Å². The van der Waals surface area contributed by atoms with Crippen molar-refractivity contribution in [1.82, 2.24) is 30.0 Å². The minimum Gasteiger partial charge on any atom is -0.342 e. The average Bonchev–Trinajstić information content (AvgIpc) is 3.34. The predicted octanol–water partition coefficient (Wildman–Crippen LogP) is 4.22. The smallest absolute Gasteiger partial charge is 0.342 e. The molecule has 1 atom stereocenters. The van der Waals surface area contributed by atoms with Crippen molar-refractivity contribution in [2.45, 2.75) is 19.1 Å². The van der Waals surface area contributed by atoms with Crippen LogP contribution in [0.2, 0.25) is 0 Å². The number of amides is 1. The zero-order valence-corrected chi connectivity index (χ0v) is 19.2. The van der Waals surface area contributed by atoms with Crippen LogP contribution in [0.15, 0.2) is 67.4 Å². The van der Waals surface area contributed by atoms with Gasteiger partial charge in [-0.05, 0) is 42.8 Å². The number of nitrogens with one attached hydrogen (secondary N) is 1. The third-order valence-corrected chi connectivity index (χ3v) is 4.95. The molecule has 1 amide bonds. The normalized spacial score (nSPS) is 11.7. The van der Waals surface area contributed by atoms with Gasteiger partial charge in [0.25, 0.3) is 5.91 Å². The molecule has 3 aromatic heterocycles. The summed E-state index contributed by atoms with van der Waals surface area (Å²) in [5, 5.41) is 15.9. The van der Waals surface area contributed by atoms with Crippen molar-refractivity contribution in [2.75, 3.05) is 0 Å². The number of pyridine rings is 2. The van der Waals surface area contributed by atoms with Crippen LogP contribution in [0.5, 0.6) is 0 Å². The summed E-state index contributed by atoms with van der Waals surface area (Å²) in [6.07, 6.45) is 1.13. The zero-order chi connectivity index (χ0) is 24.3. The summed E-state index contributed by atoms with van der Waals surface area (Å²) in [4.78, 5) is 25.3. The first-order valence-corrected chi connectivity index (χ1v) is 9.96. The van der Waals surface area contributed by atoms with E-state index in [1.807, 2.05) is 6.07 Å². The van der Waals surface area contributed by atoms with Crippen LogP contribution >= 0.6 is 13.5 Å². The number of rotatable bonds is 5. The van der Waals surface area contributed by atoms with Gasteiger partial charge in [0.1, 0.15) is 12.4 Å². The van der Waals surface area contributed by atoms with E-state index in [4.69, 9.17) is 5.26 Å². The van der Waals surface area contributed by atoms with Crippen molar-refractivity contribution in [3.8, 4) is 23.0 Å². The second kappa shape index (κ2) is 10.4. The molecule has 0 bridgehead atoms. The Hall–Kier alpha value is -4.24. The van der Waals surface area contributed by atoms with Crippen molar-refractivity contribution >= 4 is 19.4 Å². The standard InChI is InChI=1S/C23H16F3N7O.H2S/c1-14(21-30-13-31-33(21)20-7-2-15(9-27)10-29-20)32-22(34)18-8-17(11-28-12-18)16-3-5-19(6-4-16)23(24,25)26;/h2-8,10-14H,1H3,(H,32,34);1H2/t14-;/m1./s1. The van der Waals surface area contributed by atoms with Gasteiger partial charge in [-0.25, -0.2) is 9.97 Å². The topological polar surface area (TPSA) is 109 Å². The maximum atomic E-state index is 12.8. The average molecular weight is 498 g/mol. The predicted molar refractivity (Wildman–Crippen MR) is 125 cm³/mol. The largest absolute Gasteiger partial charge is 0.416 e. The fraction of sp³-hybridized carbons (Fsp3) is 0.130. The minimum atomic E-state index is -4.43. The summed E-state index contributed by atoms with van der Waals surface area (Å²) in [6, 6.07) is 10.8. The Kier molecular flexibility index (Phi) is 7.51. The molecule has 0 spiro atoms. The van der Waals surface area contributed by atoms with Crippen molar-refractivity contribution in [3.63, 3.8) is 0 Å². The van der Waals surface area contributed by atoms with Gasteiger partial charge in [0.2, 0.25) is 0 Å². The molecule has 35 heavy (non-hydrogen) atoms. The summed E-state index contributed by atoms with van der Waals surface area (Å²) >= 11 is 0. The number of hydrogen-bond acceptors (Lipinski definition) is 6. The molecule has 1 aromatic carbocycles. The van der Waals surface area contributed by atoms with Crippen LogP contribution in [-0.4, -0.2) is 30.6 Å². The van der Waals surface area contributed by atoms with E-state index in [1.54, 1.807) is 25.1 Å². The van der Waals surface area contributed by atoms with Gasteiger partial charge in [-0.15, -0.1) is 0 Å². The third-order valence-electron chi connectivity index (χ3n) is 4.95. The van der Waals surface area contributed by atoms with Gasteiger partial charge in [0.15, 0.2) is 11.6 Å². The van der Waals surface area contributed by atoms with Crippen LogP contribution in [0.1, 0.15) is 40.3 Å². The van der Waals surface area contributed by atoms with Crippen molar-refractivity contribution < 1.29 is 18.0 Å². The quantitative estimate of drug-likeness (QED) is 0.442. The molecular formula is C23H18F3N7OS. The monoisotopic (exact) mass is 497 g/mol. The molecule has 0 fully saturated rings. The Balaban J connectivity index is 0.00000342. The first kappa shape index (κ1) is 25.4. The summed E-state index contributed by atoms with van der Waals surface area (Å²) < 4.78 is 39.9. The van der Waals surface area contributed by atoms with Crippen molar-refractivity contribution in [1.29, 1.82) is 5.26 Å². The molecule has 0 saturated carbocycles. The van der Waals surface area contributed by atoms with E-state index in [2.05, 4.69) is 25.4 Å². The number of carbonyl (C=O) groups is 1.